The van der Waals surface area contributed by atoms with Gasteiger partial charge in [0.05, 0.1) is 30.7 Å². The van der Waals surface area contributed by atoms with Crippen LogP contribution in [0.1, 0.15) is 16.8 Å². The van der Waals surface area contributed by atoms with Gasteiger partial charge in [-0.2, -0.15) is 10.5 Å². The van der Waals surface area contributed by atoms with Gasteiger partial charge in [-0.3, -0.25) is 4.98 Å². The molecule has 1 heterocycles. The van der Waals surface area contributed by atoms with Gasteiger partial charge >= 0.3 is 0 Å². The average molecular weight is 171 g/mol. The molecule has 0 unspecified atom stereocenters. The summed E-state index contributed by atoms with van der Waals surface area (Å²) in [5, 5.41) is 16.9. The first-order valence-electron chi connectivity index (χ1n) is 3.96. The molecule has 1 aromatic heterocycles. The summed E-state index contributed by atoms with van der Waals surface area (Å²) in [5.74, 6) is 0. The van der Waals surface area contributed by atoms with E-state index in [4.69, 9.17) is 10.5 Å². The van der Waals surface area contributed by atoms with Crippen molar-refractivity contribution in [1.82, 2.24) is 4.98 Å². The Morgan fingerprint density at radius 2 is 2.00 bits per heavy atom. The summed E-state index contributed by atoms with van der Waals surface area (Å²) in [6.07, 6.45) is 2.38. The molecule has 0 aliphatic heterocycles. The van der Waals surface area contributed by atoms with Crippen LogP contribution in [0.15, 0.2) is 12.3 Å². The third-order valence-electron chi connectivity index (χ3n) is 1.81. The average Bonchev–Trinajstić information content (AvgIpc) is 2.10. The molecule has 3 heteroatoms. The Morgan fingerprint density at radius 1 is 1.31 bits per heavy atom. The Bertz CT molecular complexity index is 382. The number of aryl methyl sites for hydroxylation is 1. The van der Waals surface area contributed by atoms with Crippen LogP contribution in [-0.4, -0.2) is 4.98 Å². The van der Waals surface area contributed by atoms with Crippen LogP contribution < -0.4 is 0 Å². The van der Waals surface area contributed by atoms with Gasteiger partial charge in [-0.1, -0.05) is 0 Å². The quantitative estimate of drug-likeness (QED) is 0.677. The lowest BCUT2D eigenvalue weighted by Crippen LogP contribution is -1.94. The summed E-state index contributed by atoms with van der Waals surface area (Å²) >= 11 is 0. The molecule has 0 N–H and O–H groups in total. The maximum atomic E-state index is 8.49. The smallest absolute Gasteiger partial charge is 0.0774 e. The molecule has 0 spiro atoms. The molecule has 0 aliphatic carbocycles. The molecule has 3 nitrogen and oxygen atoms in total. The highest BCUT2D eigenvalue weighted by Gasteiger charge is 2.00. The minimum atomic E-state index is 0.327. The van der Waals surface area contributed by atoms with Crippen molar-refractivity contribution in [3.05, 3.63) is 29.1 Å². The molecule has 0 radical (unpaired) electrons. The largest absolute Gasteiger partial charge is 0.260 e. The standard InChI is InChI=1S/C10H9N3/c1-8-6-10(3-5-12)13-7-9(8)2-4-11/h6-7H,2-3H2,1H3. The van der Waals surface area contributed by atoms with Crippen molar-refractivity contribution in [3.63, 3.8) is 0 Å². The van der Waals surface area contributed by atoms with Gasteiger partial charge in [0.25, 0.3) is 0 Å². The number of hydrogen-bond acceptors (Lipinski definition) is 3. The number of aromatic nitrogens is 1. The highest BCUT2D eigenvalue weighted by Crippen LogP contribution is 2.08. The molecule has 1 rings (SSSR count). The van der Waals surface area contributed by atoms with E-state index in [9.17, 15) is 0 Å². The molecule has 0 saturated carbocycles. The van der Waals surface area contributed by atoms with E-state index in [2.05, 4.69) is 11.1 Å². The van der Waals surface area contributed by atoms with E-state index >= 15 is 0 Å². The Balaban J connectivity index is 2.94. The maximum absolute atomic E-state index is 8.49. The predicted molar refractivity (Wildman–Crippen MR) is 47.6 cm³/mol. The van der Waals surface area contributed by atoms with Crippen LogP contribution in [0.25, 0.3) is 0 Å². The van der Waals surface area contributed by atoms with E-state index in [0.717, 1.165) is 16.8 Å². The zero-order chi connectivity index (χ0) is 9.68. The van der Waals surface area contributed by atoms with Crippen molar-refractivity contribution >= 4 is 0 Å². The van der Waals surface area contributed by atoms with Crippen LogP contribution >= 0.6 is 0 Å². The molecule has 0 bridgehead atoms. The summed E-state index contributed by atoms with van der Waals surface area (Å²) in [5.41, 5.74) is 2.73. The summed E-state index contributed by atoms with van der Waals surface area (Å²) in [6.45, 7) is 1.93. The van der Waals surface area contributed by atoms with Crippen LogP contribution in [-0.2, 0) is 12.8 Å². The molecule has 0 fully saturated rings. The molecular formula is C10H9N3. The van der Waals surface area contributed by atoms with Crippen molar-refractivity contribution in [2.45, 2.75) is 19.8 Å². The van der Waals surface area contributed by atoms with Crippen LogP contribution in [0.3, 0.4) is 0 Å². The Hall–Kier alpha value is -1.87. The molecular weight excluding hydrogens is 162 g/mol. The Kier molecular flexibility index (Phi) is 3.00. The highest BCUT2D eigenvalue weighted by molar-refractivity contribution is 5.28. The van der Waals surface area contributed by atoms with Crippen molar-refractivity contribution in [2.75, 3.05) is 0 Å². The van der Waals surface area contributed by atoms with E-state index in [-0.39, 0.29) is 0 Å². The van der Waals surface area contributed by atoms with Crippen LogP contribution in [0.5, 0.6) is 0 Å². The lowest BCUT2D eigenvalue weighted by molar-refractivity contribution is 1.06. The molecule has 0 aromatic carbocycles. The first-order valence-corrected chi connectivity index (χ1v) is 3.96. The van der Waals surface area contributed by atoms with E-state index < -0.39 is 0 Å². The Morgan fingerprint density at radius 3 is 2.54 bits per heavy atom. The highest BCUT2D eigenvalue weighted by atomic mass is 14.7. The molecule has 0 amide bonds. The lowest BCUT2D eigenvalue weighted by atomic mass is 10.1. The van der Waals surface area contributed by atoms with E-state index in [1.165, 1.54) is 0 Å². The van der Waals surface area contributed by atoms with Crippen molar-refractivity contribution in [3.8, 4) is 12.1 Å². The molecule has 13 heavy (non-hydrogen) atoms. The number of hydrogen-bond donors (Lipinski definition) is 0. The fraction of sp³-hybridized carbons (Fsp3) is 0.300. The second kappa shape index (κ2) is 4.23. The second-order valence-electron chi connectivity index (χ2n) is 2.77. The topological polar surface area (TPSA) is 60.5 Å². The lowest BCUT2D eigenvalue weighted by Gasteiger charge is -2.01. The predicted octanol–water partition coefficient (Wildman–Crippen LogP) is 1.52. The maximum Gasteiger partial charge on any atom is 0.0774 e. The number of rotatable bonds is 2. The summed E-state index contributed by atoms with van der Waals surface area (Å²) in [4.78, 5) is 4.07. The van der Waals surface area contributed by atoms with Crippen LogP contribution in [0, 0.1) is 29.6 Å². The number of nitriles is 2. The van der Waals surface area contributed by atoms with E-state index in [0.29, 0.717) is 12.8 Å². The van der Waals surface area contributed by atoms with Gasteiger partial charge in [0.1, 0.15) is 0 Å². The fourth-order valence-corrected chi connectivity index (χ4v) is 1.09. The van der Waals surface area contributed by atoms with Crippen LogP contribution in [0.2, 0.25) is 0 Å². The van der Waals surface area contributed by atoms with Gasteiger partial charge in [0.2, 0.25) is 0 Å². The number of nitrogens with zero attached hydrogens (tertiary/aromatic N) is 3. The monoisotopic (exact) mass is 171 g/mol. The fourth-order valence-electron chi connectivity index (χ4n) is 1.09. The zero-order valence-corrected chi connectivity index (χ0v) is 7.41. The zero-order valence-electron chi connectivity index (χ0n) is 7.41. The van der Waals surface area contributed by atoms with Crippen molar-refractivity contribution in [2.24, 2.45) is 0 Å². The van der Waals surface area contributed by atoms with E-state index in [1.54, 1.807) is 6.20 Å². The van der Waals surface area contributed by atoms with Gasteiger partial charge in [0, 0.05) is 6.20 Å². The molecule has 64 valence electrons. The summed E-state index contributed by atoms with van der Waals surface area (Å²) in [7, 11) is 0. The normalized spacial score (nSPS) is 8.85. The Labute approximate surface area is 77.3 Å². The SMILES string of the molecule is Cc1cc(CC#N)ncc1CC#N. The van der Waals surface area contributed by atoms with Gasteiger partial charge < -0.3 is 0 Å². The van der Waals surface area contributed by atoms with E-state index in [1.807, 2.05) is 19.1 Å². The molecule has 0 saturated heterocycles. The minimum Gasteiger partial charge on any atom is -0.260 e. The van der Waals surface area contributed by atoms with Crippen molar-refractivity contribution < 1.29 is 0 Å². The van der Waals surface area contributed by atoms with Gasteiger partial charge in [-0.05, 0) is 24.1 Å². The van der Waals surface area contributed by atoms with Crippen LogP contribution in [0.4, 0.5) is 0 Å². The summed E-state index contributed by atoms with van der Waals surface area (Å²) in [6, 6.07) is 5.96. The van der Waals surface area contributed by atoms with Gasteiger partial charge in [-0.25, -0.2) is 0 Å². The number of pyridine rings is 1. The summed E-state index contributed by atoms with van der Waals surface area (Å²) < 4.78 is 0. The first kappa shape index (κ1) is 9.22. The molecule has 0 atom stereocenters. The minimum absolute atomic E-state index is 0.327. The van der Waals surface area contributed by atoms with Gasteiger partial charge in [-0.15, -0.1) is 0 Å². The first-order chi connectivity index (χ1) is 6.27. The van der Waals surface area contributed by atoms with Gasteiger partial charge in [0.15, 0.2) is 0 Å². The van der Waals surface area contributed by atoms with Crippen molar-refractivity contribution in [1.29, 1.82) is 10.5 Å². The molecule has 0 aliphatic rings. The molecule has 1 aromatic rings. The third-order valence-corrected chi connectivity index (χ3v) is 1.81. The third kappa shape index (κ3) is 2.28. The second-order valence-corrected chi connectivity index (χ2v) is 2.77.